The third kappa shape index (κ3) is 3.87. The molecule has 3 rings (SSSR count). The molecule has 0 spiro atoms. The number of methoxy groups -OCH3 is 1. The van der Waals surface area contributed by atoms with Gasteiger partial charge in [-0.2, -0.15) is 0 Å². The van der Waals surface area contributed by atoms with Crippen molar-refractivity contribution in [3.05, 3.63) is 29.8 Å². The molecule has 0 radical (unpaired) electrons. The second-order valence-electron chi connectivity index (χ2n) is 7.23. The van der Waals surface area contributed by atoms with E-state index in [1.165, 1.54) is 0 Å². The van der Waals surface area contributed by atoms with E-state index in [-0.39, 0.29) is 23.5 Å². The van der Waals surface area contributed by atoms with Crippen LogP contribution in [-0.2, 0) is 4.79 Å². The molecule has 1 aromatic carbocycles. The predicted molar refractivity (Wildman–Crippen MR) is 96.5 cm³/mol. The van der Waals surface area contributed by atoms with Crippen LogP contribution in [0.1, 0.15) is 42.5 Å². The van der Waals surface area contributed by atoms with Gasteiger partial charge in [-0.3, -0.25) is 9.59 Å². The number of hydrogen-bond acceptors (Lipinski definition) is 4. The Kier molecular flexibility index (Phi) is 5.74. The number of carbonyl (C=O) groups excluding carboxylic acids is 2. The molecule has 0 aromatic heterocycles. The average Bonchev–Trinajstić information content (AvgIpc) is 3.16. The maximum Gasteiger partial charge on any atom is 0.226 e. The summed E-state index contributed by atoms with van der Waals surface area (Å²) in [6, 6.07) is 7.28. The van der Waals surface area contributed by atoms with Crippen LogP contribution in [0.15, 0.2) is 24.3 Å². The number of ketones is 1. The van der Waals surface area contributed by atoms with E-state index in [2.05, 4.69) is 0 Å². The largest absolute Gasteiger partial charge is 0.497 e. The standard InChI is InChI=1S/C20H28N2O3/c1-25-17-7-5-14(6-8-17)19(23)15-9-11-22(12-10-15)20(24)18-4-2-3-16(18)13-21/h5-8,15-16,18H,2-4,9-13,21H2,1H3/t16-,18-/m1/s1. The lowest BCUT2D eigenvalue weighted by Gasteiger charge is -2.34. The minimum Gasteiger partial charge on any atom is -0.497 e. The molecule has 25 heavy (non-hydrogen) atoms. The SMILES string of the molecule is COc1ccc(C(=O)C2CCN(C(=O)[C@@H]3CCC[C@@H]3CN)CC2)cc1. The summed E-state index contributed by atoms with van der Waals surface area (Å²) in [6.45, 7) is 1.96. The van der Waals surface area contributed by atoms with E-state index < -0.39 is 0 Å². The number of rotatable bonds is 5. The Labute approximate surface area is 149 Å². The highest BCUT2D eigenvalue weighted by molar-refractivity contribution is 5.98. The van der Waals surface area contributed by atoms with Crippen molar-refractivity contribution in [2.45, 2.75) is 32.1 Å². The highest BCUT2D eigenvalue weighted by Gasteiger charge is 2.36. The van der Waals surface area contributed by atoms with Gasteiger partial charge in [0, 0.05) is 30.5 Å². The van der Waals surface area contributed by atoms with Gasteiger partial charge in [0.1, 0.15) is 5.75 Å². The lowest BCUT2D eigenvalue weighted by atomic mass is 9.87. The van der Waals surface area contributed by atoms with Crippen molar-refractivity contribution in [3.8, 4) is 5.75 Å². The number of hydrogen-bond donors (Lipinski definition) is 1. The first-order valence-electron chi connectivity index (χ1n) is 9.31. The molecule has 2 N–H and O–H groups in total. The van der Waals surface area contributed by atoms with Gasteiger partial charge in [0.25, 0.3) is 0 Å². The quantitative estimate of drug-likeness (QED) is 0.833. The van der Waals surface area contributed by atoms with E-state index >= 15 is 0 Å². The third-order valence-electron chi connectivity index (χ3n) is 5.83. The number of likely N-dealkylation sites (tertiary alicyclic amines) is 1. The monoisotopic (exact) mass is 344 g/mol. The first kappa shape index (κ1) is 17.9. The van der Waals surface area contributed by atoms with E-state index in [0.29, 0.717) is 25.6 Å². The highest BCUT2D eigenvalue weighted by Crippen LogP contribution is 2.33. The highest BCUT2D eigenvalue weighted by atomic mass is 16.5. The summed E-state index contributed by atoms with van der Waals surface area (Å²) in [5.74, 6) is 1.62. The lowest BCUT2D eigenvalue weighted by molar-refractivity contribution is -0.137. The van der Waals surface area contributed by atoms with Crippen LogP contribution in [0.2, 0.25) is 0 Å². The van der Waals surface area contributed by atoms with Gasteiger partial charge >= 0.3 is 0 Å². The zero-order valence-corrected chi connectivity index (χ0v) is 14.9. The van der Waals surface area contributed by atoms with Crippen LogP contribution in [0, 0.1) is 17.8 Å². The number of benzene rings is 1. The third-order valence-corrected chi connectivity index (χ3v) is 5.83. The van der Waals surface area contributed by atoms with E-state index in [9.17, 15) is 9.59 Å². The Hall–Kier alpha value is -1.88. The first-order valence-corrected chi connectivity index (χ1v) is 9.31. The molecule has 1 aliphatic heterocycles. The van der Waals surface area contributed by atoms with Crippen molar-refractivity contribution in [1.29, 1.82) is 0 Å². The van der Waals surface area contributed by atoms with Gasteiger partial charge in [-0.1, -0.05) is 6.42 Å². The summed E-state index contributed by atoms with van der Waals surface area (Å²) in [7, 11) is 1.61. The second kappa shape index (κ2) is 8.00. The van der Waals surface area contributed by atoms with Crippen molar-refractivity contribution >= 4 is 11.7 Å². The molecule has 2 atom stereocenters. The number of Topliss-reactive ketones (excluding diaryl/α,β-unsaturated/α-hetero) is 1. The molecule has 2 aliphatic rings. The average molecular weight is 344 g/mol. The zero-order chi connectivity index (χ0) is 17.8. The second-order valence-corrected chi connectivity index (χ2v) is 7.23. The lowest BCUT2D eigenvalue weighted by Crippen LogP contribution is -2.44. The molecule has 136 valence electrons. The molecular formula is C20H28N2O3. The fraction of sp³-hybridized carbons (Fsp3) is 0.600. The molecule has 5 heteroatoms. The first-order chi connectivity index (χ1) is 12.1. The predicted octanol–water partition coefficient (Wildman–Crippen LogP) is 2.49. The number of nitrogens with two attached hydrogens (primary N) is 1. The van der Waals surface area contributed by atoms with Gasteiger partial charge < -0.3 is 15.4 Å². The molecule has 2 fully saturated rings. The van der Waals surface area contributed by atoms with E-state index in [1.807, 2.05) is 29.2 Å². The molecule has 1 aromatic rings. The molecule has 1 heterocycles. The molecule has 5 nitrogen and oxygen atoms in total. The Morgan fingerprint density at radius 2 is 1.80 bits per heavy atom. The Balaban J connectivity index is 1.55. The molecule has 1 amide bonds. The normalized spacial score (nSPS) is 24.3. The molecular weight excluding hydrogens is 316 g/mol. The number of ether oxygens (including phenoxy) is 1. The summed E-state index contributed by atoms with van der Waals surface area (Å²) in [5, 5.41) is 0. The minimum absolute atomic E-state index is 0.00586. The van der Waals surface area contributed by atoms with Crippen LogP contribution in [0.25, 0.3) is 0 Å². The van der Waals surface area contributed by atoms with Crippen molar-refractivity contribution < 1.29 is 14.3 Å². The molecule has 1 saturated carbocycles. The van der Waals surface area contributed by atoms with Crippen molar-refractivity contribution in [1.82, 2.24) is 4.90 Å². The van der Waals surface area contributed by atoms with Gasteiger partial charge in [0.15, 0.2) is 5.78 Å². The van der Waals surface area contributed by atoms with Crippen LogP contribution in [0.5, 0.6) is 5.75 Å². The van der Waals surface area contributed by atoms with Gasteiger partial charge in [0.2, 0.25) is 5.91 Å². The number of carbonyl (C=O) groups is 2. The van der Waals surface area contributed by atoms with Gasteiger partial charge in [-0.25, -0.2) is 0 Å². The summed E-state index contributed by atoms with van der Waals surface area (Å²) in [4.78, 5) is 27.4. The van der Waals surface area contributed by atoms with E-state index in [4.69, 9.17) is 10.5 Å². The van der Waals surface area contributed by atoms with Crippen LogP contribution < -0.4 is 10.5 Å². The summed E-state index contributed by atoms with van der Waals surface area (Å²) >= 11 is 0. The Bertz CT molecular complexity index is 606. The van der Waals surface area contributed by atoms with Crippen molar-refractivity contribution in [3.63, 3.8) is 0 Å². The Morgan fingerprint density at radius 3 is 2.40 bits per heavy atom. The van der Waals surface area contributed by atoms with E-state index in [0.717, 1.165) is 43.4 Å². The maximum absolute atomic E-state index is 12.8. The molecule has 0 unspecified atom stereocenters. The van der Waals surface area contributed by atoms with Crippen LogP contribution in [-0.4, -0.2) is 43.3 Å². The number of nitrogens with zero attached hydrogens (tertiary/aromatic N) is 1. The Morgan fingerprint density at radius 1 is 1.12 bits per heavy atom. The van der Waals surface area contributed by atoms with Crippen LogP contribution in [0.4, 0.5) is 0 Å². The van der Waals surface area contributed by atoms with Gasteiger partial charge in [-0.15, -0.1) is 0 Å². The molecule has 0 bridgehead atoms. The minimum atomic E-state index is 0.00586. The van der Waals surface area contributed by atoms with Crippen LogP contribution in [0.3, 0.4) is 0 Å². The van der Waals surface area contributed by atoms with E-state index in [1.54, 1.807) is 7.11 Å². The maximum atomic E-state index is 12.8. The number of amides is 1. The summed E-state index contributed by atoms with van der Waals surface area (Å²) in [5.41, 5.74) is 6.54. The van der Waals surface area contributed by atoms with Crippen molar-refractivity contribution in [2.24, 2.45) is 23.5 Å². The smallest absolute Gasteiger partial charge is 0.226 e. The fourth-order valence-electron chi connectivity index (χ4n) is 4.23. The molecule has 1 saturated heterocycles. The van der Waals surface area contributed by atoms with Crippen LogP contribution >= 0.6 is 0 Å². The molecule has 1 aliphatic carbocycles. The summed E-state index contributed by atoms with van der Waals surface area (Å²) < 4.78 is 5.14. The van der Waals surface area contributed by atoms with Crippen molar-refractivity contribution in [2.75, 3.05) is 26.7 Å². The summed E-state index contributed by atoms with van der Waals surface area (Å²) in [6.07, 6.45) is 4.63. The number of piperidine rings is 1. The fourth-order valence-corrected chi connectivity index (χ4v) is 4.23. The van der Waals surface area contributed by atoms with Gasteiger partial charge in [0.05, 0.1) is 7.11 Å². The van der Waals surface area contributed by atoms with Gasteiger partial charge in [-0.05, 0) is 62.4 Å². The topological polar surface area (TPSA) is 72.6 Å². The zero-order valence-electron chi connectivity index (χ0n) is 14.9.